The van der Waals surface area contributed by atoms with Crippen LogP contribution in [0.2, 0.25) is 0 Å². The molecule has 0 saturated heterocycles. The number of ether oxygens (including phenoxy) is 4. The number of carboxylic acids is 1. The van der Waals surface area contributed by atoms with Crippen molar-refractivity contribution in [2.75, 3.05) is 51.1 Å². The van der Waals surface area contributed by atoms with E-state index in [1.807, 2.05) is 11.8 Å². The van der Waals surface area contributed by atoms with Crippen molar-refractivity contribution in [1.82, 2.24) is 0 Å². The van der Waals surface area contributed by atoms with E-state index in [1.54, 1.807) is 20.8 Å². The number of hydrogen-bond acceptors (Lipinski definition) is 11. The largest absolute Gasteiger partial charge is 0.481 e. The van der Waals surface area contributed by atoms with Crippen molar-refractivity contribution in [1.29, 1.82) is 0 Å². The molecule has 350 valence electrons. The van der Waals surface area contributed by atoms with Crippen LogP contribution >= 0.6 is 11.8 Å². The number of rotatable bonds is 41. The molecule has 0 saturated carbocycles. The van der Waals surface area contributed by atoms with Gasteiger partial charge in [-0.15, -0.1) is 0 Å². The maximum Gasteiger partial charge on any atom is 0.317 e. The minimum Gasteiger partial charge on any atom is -0.481 e. The molecule has 12 heteroatoms. The Labute approximate surface area is 368 Å². The number of aliphatic carboxylic acids is 1. The molecule has 0 aliphatic carbocycles. The fourth-order valence-corrected chi connectivity index (χ4v) is 8.10. The highest BCUT2D eigenvalue weighted by molar-refractivity contribution is 7.99. The molecule has 2 unspecified atom stereocenters. The van der Waals surface area contributed by atoms with Crippen molar-refractivity contribution < 1.29 is 52.8 Å². The van der Waals surface area contributed by atoms with Crippen LogP contribution in [0.1, 0.15) is 190 Å². The van der Waals surface area contributed by atoms with E-state index in [0.29, 0.717) is 95.1 Å². The Morgan fingerprint density at radius 3 is 1.43 bits per heavy atom. The minimum absolute atomic E-state index is 0.00675. The third-order valence-corrected chi connectivity index (χ3v) is 11.6. The number of thioether (sulfide) groups is 1. The van der Waals surface area contributed by atoms with E-state index in [4.69, 9.17) is 24.1 Å². The van der Waals surface area contributed by atoms with Gasteiger partial charge in [0.05, 0.1) is 26.4 Å². The topological polar surface area (TPSA) is 160 Å². The number of carboxylic acid groups (broad SMARTS) is 1. The molecule has 60 heavy (non-hydrogen) atoms. The van der Waals surface area contributed by atoms with E-state index < -0.39 is 29.2 Å². The lowest BCUT2D eigenvalue weighted by atomic mass is 9.71. The third kappa shape index (κ3) is 35.4. The van der Waals surface area contributed by atoms with Crippen molar-refractivity contribution in [3.05, 3.63) is 0 Å². The highest BCUT2D eigenvalue weighted by atomic mass is 32.2. The summed E-state index contributed by atoms with van der Waals surface area (Å²) in [4.78, 5) is 73.1. The number of unbranched alkanes of at least 4 members (excludes halogenated alkanes) is 8. The Bertz CT molecular complexity index is 1190. The van der Waals surface area contributed by atoms with Crippen molar-refractivity contribution in [2.24, 2.45) is 23.2 Å². The van der Waals surface area contributed by atoms with Crippen LogP contribution in [-0.2, 0) is 47.7 Å². The molecule has 0 radical (unpaired) electrons. The maximum absolute atomic E-state index is 12.6. The fraction of sp³-hybridized carbons (Fsp3) is 0.875. The van der Waals surface area contributed by atoms with Crippen LogP contribution in [0.3, 0.4) is 0 Å². The second kappa shape index (κ2) is 35.3. The van der Waals surface area contributed by atoms with Crippen molar-refractivity contribution in [3.63, 3.8) is 0 Å². The SMILES string of the molecule is CC(C)C(CC(=O)CCCCCCCSCCCCCC(=O)CCCCOCCOCCOCCCCC(=O)CCC(=O)C(CCC(=O)O)C(=O)OC(C)(C)C)C(C)(C)C. The summed E-state index contributed by atoms with van der Waals surface area (Å²) in [7, 11) is 0. The van der Waals surface area contributed by atoms with Gasteiger partial charge in [0.2, 0.25) is 0 Å². The number of hydrogen-bond donors (Lipinski definition) is 1. The van der Waals surface area contributed by atoms with E-state index in [9.17, 15) is 28.8 Å². The first-order valence-electron chi connectivity index (χ1n) is 23.2. The predicted octanol–water partition coefficient (Wildman–Crippen LogP) is 10.6. The molecule has 0 aromatic rings. The first-order valence-corrected chi connectivity index (χ1v) is 24.3. The third-order valence-electron chi connectivity index (χ3n) is 10.5. The molecule has 0 bridgehead atoms. The summed E-state index contributed by atoms with van der Waals surface area (Å²) < 4.78 is 22.0. The van der Waals surface area contributed by atoms with Crippen molar-refractivity contribution >= 4 is 46.8 Å². The van der Waals surface area contributed by atoms with Crippen LogP contribution in [0.5, 0.6) is 0 Å². The van der Waals surface area contributed by atoms with Gasteiger partial charge in [-0.1, -0.05) is 60.3 Å². The number of carbonyl (C=O) groups is 6. The van der Waals surface area contributed by atoms with Gasteiger partial charge in [-0.05, 0) is 107 Å². The number of carbonyl (C=O) groups excluding carboxylic acids is 5. The highest BCUT2D eigenvalue weighted by Gasteiger charge is 2.32. The van der Waals surface area contributed by atoms with E-state index in [1.165, 1.54) is 37.2 Å². The maximum atomic E-state index is 12.6. The smallest absolute Gasteiger partial charge is 0.317 e. The van der Waals surface area contributed by atoms with Gasteiger partial charge in [0.25, 0.3) is 0 Å². The molecule has 0 aliphatic rings. The minimum atomic E-state index is -1.19. The molecule has 0 heterocycles. The standard InChI is InChI=1S/C48H86O11S/c1-38(2)43(47(3,4)5)37-41(51)24-13-10-9-11-19-35-60-36-20-12-14-21-39(49)22-15-17-29-56-31-33-58-34-32-57-30-18-16-23-40(50)25-27-44(52)42(26-28-45(53)54)46(55)59-48(6,7)8/h38,42-43H,9-37H2,1-8H3,(H,53,54). The molecule has 2 atom stereocenters. The molecule has 0 aromatic carbocycles. The quantitative estimate of drug-likeness (QED) is 0.0352. The van der Waals surface area contributed by atoms with Crippen LogP contribution in [0.15, 0.2) is 0 Å². The van der Waals surface area contributed by atoms with E-state index >= 15 is 0 Å². The Morgan fingerprint density at radius 2 is 0.950 bits per heavy atom. The summed E-state index contributed by atoms with van der Waals surface area (Å²) in [6, 6.07) is 0. The molecule has 11 nitrogen and oxygen atoms in total. The Hall–Kier alpha value is -2.15. The van der Waals surface area contributed by atoms with Gasteiger partial charge in [-0.2, -0.15) is 11.8 Å². The van der Waals surface area contributed by atoms with Crippen LogP contribution in [0.25, 0.3) is 0 Å². The average Bonchev–Trinajstić information content (AvgIpc) is 3.14. The molecule has 0 fully saturated rings. The van der Waals surface area contributed by atoms with Crippen molar-refractivity contribution in [3.8, 4) is 0 Å². The zero-order valence-electron chi connectivity index (χ0n) is 39.2. The van der Waals surface area contributed by atoms with Gasteiger partial charge < -0.3 is 24.1 Å². The summed E-state index contributed by atoms with van der Waals surface area (Å²) in [6.45, 7) is 19.2. The van der Waals surface area contributed by atoms with E-state index in [-0.39, 0.29) is 36.9 Å². The monoisotopic (exact) mass is 871 g/mol. The number of Topliss-reactive ketones (excluding diaryl/α,β-unsaturated/α-hetero) is 4. The number of esters is 1. The van der Waals surface area contributed by atoms with Gasteiger partial charge in [0.15, 0.2) is 0 Å². The second-order valence-corrected chi connectivity index (χ2v) is 19.9. The molecule has 0 aliphatic heterocycles. The summed E-state index contributed by atoms with van der Waals surface area (Å²) in [6.07, 6.45) is 14.6. The average molecular weight is 871 g/mol. The molecule has 0 spiro atoms. The summed E-state index contributed by atoms with van der Waals surface area (Å²) >= 11 is 2.03. The Morgan fingerprint density at radius 1 is 0.517 bits per heavy atom. The van der Waals surface area contributed by atoms with Crippen molar-refractivity contribution in [2.45, 2.75) is 196 Å². The zero-order chi connectivity index (χ0) is 45.2. The van der Waals surface area contributed by atoms with Gasteiger partial charge in [-0.25, -0.2) is 0 Å². The second-order valence-electron chi connectivity index (χ2n) is 18.7. The summed E-state index contributed by atoms with van der Waals surface area (Å²) in [5, 5.41) is 8.98. The molecular formula is C48H86O11S. The fourth-order valence-electron chi connectivity index (χ4n) is 7.08. The van der Waals surface area contributed by atoms with Crippen LogP contribution in [0, 0.1) is 23.2 Å². The lowest BCUT2D eigenvalue weighted by Crippen LogP contribution is -2.33. The summed E-state index contributed by atoms with van der Waals surface area (Å²) in [5.41, 5.74) is -0.624. The predicted molar refractivity (Wildman–Crippen MR) is 242 cm³/mol. The Balaban J connectivity index is 3.60. The summed E-state index contributed by atoms with van der Waals surface area (Å²) in [5.74, 6) is 0.553. The first-order chi connectivity index (χ1) is 28.3. The molecule has 0 aromatic heterocycles. The first kappa shape index (κ1) is 57.9. The van der Waals surface area contributed by atoms with Crippen LogP contribution in [-0.4, -0.2) is 96.9 Å². The lowest BCUT2D eigenvalue weighted by molar-refractivity contribution is -0.162. The van der Waals surface area contributed by atoms with Gasteiger partial charge in [-0.3, -0.25) is 28.8 Å². The van der Waals surface area contributed by atoms with Gasteiger partial charge in [0, 0.05) is 64.6 Å². The number of ketones is 4. The zero-order valence-corrected chi connectivity index (χ0v) is 40.0. The van der Waals surface area contributed by atoms with E-state index in [0.717, 1.165) is 51.4 Å². The van der Waals surface area contributed by atoms with Crippen LogP contribution < -0.4 is 0 Å². The van der Waals surface area contributed by atoms with Gasteiger partial charge >= 0.3 is 11.9 Å². The Kier molecular flexibility index (Phi) is 34.1. The highest BCUT2D eigenvalue weighted by Crippen LogP contribution is 2.35. The molecule has 0 rings (SSSR count). The van der Waals surface area contributed by atoms with Gasteiger partial charge in [0.1, 0.15) is 34.7 Å². The molecule has 1 N–H and O–H groups in total. The van der Waals surface area contributed by atoms with Crippen LogP contribution in [0.4, 0.5) is 0 Å². The normalized spacial score (nSPS) is 13.0. The molecule has 0 amide bonds. The molecular weight excluding hydrogens is 785 g/mol. The lowest BCUT2D eigenvalue weighted by Gasteiger charge is -2.33. The van der Waals surface area contributed by atoms with E-state index in [2.05, 4.69) is 34.6 Å².